The van der Waals surface area contributed by atoms with Gasteiger partial charge in [-0.25, -0.2) is 4.98 Å². The van der Waals surface area contributed by atoms with Gasteiger partial charge in [-0.05, 0) is 54.6 Å². The summed E-state index contributed by atoms with van der Waals surface area (Å²) < 4.78 is 0. The average molecular weight is 338 g/mol. The smallest absolute Gasteiger partial charge is 0.253 e. The highest BCUT2D eigenvalue weighted by Gasteiger charge is 2.14. The third kappa shape index (κ3) is 3.07. The Kier molecular flexibility index (Phi) is 4.42. The van der Waals surface area contributed by atoms with Gasteiger partial charge in [0.1, 0.15) is 0 Å². The Labute approximate surface area is 147 Å². The van der Waals surface area contributed by atoms with Gasteiger partial charge in [0.05, 0.1) is 11.2 Å². The number of hydrogen-bond donors (Lipinski definition) is 0. The first-order valence-electron chi connectivity index (χ1n) is 8.09. The van der Waals surface area contributed by atoms with Crippen LogP contribution in [0.25, 0.3) is 22.2 Å². The molecule has 0 aliphatic rings. The zero-order valence-electron chi connectivity index (χ0n) is 14.4. The summed E-state index contributed by atoms with van der Waals surface area (Å²) >= 11 is 5.85. The van der Waals surface area contributed by atoms with Crippen molar-refractivity contribution in [2.24, 2.45) is 0 Å². The lowest BCUT2D eigenvalue weighted by molar-refractivity contribution is 0.108. The molecule has 0 unspecified atom stereocenters. The molecule has 0 atom stereocenters. The molecule has 0 spiro atoms. The molecule has 0 saturated heterocycles. The van der Waals surface area contributed by atoms with E-state index in [0.29, 0.717) is 11.5 Å². The number of aryl methyl sites for hydroxylation is 2. The number of hydrogen-bond acceptors (Lipinski definition) is 2. The number of carbonyl (C=O) groups is 1. The molecule has 3 rings (SSSR count). The molecule has 24 heavy (non-hydrogen) atoms. The van der Waals surface area contributed by atoms with Crippen LogP contribution < -0.4 is 0 Å². The largest absolute Gasteiger partial charge is 0.276 e. The molecule has 0 bridgehead atoms. The van der Waals surface area contributed by atoms with E-state index in [1.54, 1.807) is 6.07 Å². The summed E-state index contributed by atoms with van der Waals surface area (Å²) in [6.07, 6.45) is 0. The van der Waals surface area contributed by atoms with Crippen LogP contribution in [0.3, 0.4) is 0 Å². The molecule has 3 aromatic rings. The van der Waals surface area contributed by atoms with Crippen LogP contribution >= 0.6 is 11.6 Å². The zero-order valence-corrected chi connectivity index (χ0v) is 15.1. The summed E-state index contributed by atoms with van der Waals surface area (Å²) in [4.78, 5) is 16.7. The quantitative estimate of drug-likeness (QED) is 0.547. The van der Waals surface area contributed by atoms with Crippen LogP contribution in [0.1, 0.15) is 46.8 Å². The molecule has 0 fully saturated rings. The van der Waals surface area contributed by atoms with Crippen molar-refractivity contribution in [1.29, 1.82) is 0 Å². The van der Waals surface area contributed by atoms with Gasteiger partial charge in [-0.3, -0.25) is 4.79 Å². The number of aromatic nitrogens is 1. The van der Waals surface area contributed by atoms with Crippen molar-refractivity contribution < 1.29 is 4.79 Å². The molecule has 1 heterocycles. The number of fused-ring (bicyclic) bond motifs is 1. The minimum absolute atomic E-state index is 0.451. The first-order valence-corrected chi connectivity index (χ1v) is 8.47. The Morgan fingerprint density at radius 1 is 1.04 bits per heavy atom. The number of carbonyl (C=O) groups excluding carboxylic acids is 1. The fraction of sp³-hybridized carbons (Fsp3) is 0.238. The monoisotopic (exact) mass is 337 g/mol. The summed E-state index contributed by atoms with van der Waals surface area (Å²) in [5.74, 6) is 0.480. The molecule has 0 amide bonds. The van der Waals surface area contributed by atoms with Crippen LogP contribution in [-0.2, 0) is 0 Å². The lowest BCUT2D eigenvalue weighted by Gasteiger charge is -2.11. The van der Waals surface area contributed by atoms with Gasteiger partial charge >= 0.3 is 0 Å². The van der Waals surface area contributed by atoms with Crippen LogP contribution in [0.4, 0.5) is 0 Å². The molecule has 0 saturated carbocycles. The van der Waals surface area contributed by atoms with Crippen molar-refractivity contribution in [3.63, 3.8) is 0 Å². The first-order chi connectivity index (χ1) is 11.4. The van der Waals surface area contributed by atoms with E-state index in [1.807, 2.05) is 19.9 Å². The fourth-order valence-corrected chi connectivity index (χ4v) is 3.19. The zero-order chi connectivity index (χ0) is 17.4. The molecular weight excluding hydrogens is 318 g/mol. The van der Waals surface area contributed by atoms with Gasteiger partial charge in [0.15, 0.2) is 0 Å². The predicted octanol–water partition coefficient (Wildman–Crippen LogP) is 6.02. The van der Waals surface area contributed by atoms with E-state index < -0.39 is 5.24 Å². The van der Waals surface area contributed by atoms with Crippen molar-refractivity contribution in [3.05, 3.63) is 64.7 Å². The Morgan fingerprint density at radius 2 is 1.71 bits per heavy atom. The molecule has 0 N–H and O–H groups in total. The van der Waals surface area contributed by atoms with Gasteiger partial charge in [0, 0.05) is 16.5 Å². The maximum Gasteiger partial charge on any atom is 0.253 e. The van der Waals surface area contributed by atoms with Gasteiger partial charge < -0.3 is 0 Å². The fourth-order valence-electron chi connectivity index (χ4n) is 3.03. The first kappa shape index (κ1) is 16.7. The lowest BCUT2D eigenvalue weighted by atomic mass is 9.98. The van der Waals surface area contributed by atoms with Gasteiger partial charge in [-0.1, -0.05) is 49.7 Å². The summed E-state index contributed by atoms with van der Waals surface area (Å²) in [6, 6.07) is 14.2. The average Bonchev–Trinajstić information content (AvgIpc) is 2.54. The number of halogens is 1. The Bertz CT molecular complexity index is 927. The summed E-state index contributed by atoms with van der Waals surface area (Å²) in [5.41, 5.74) is 6.51. The van der Waals surface area contributed by atoms with E-state index in [9.17, 15) is 4.79 Å². The Balaban J connectivity index is 2.24. The van der Waals surface area contributed by atoms with Crippen molar-refractivity contribution >= 4 is 27.7 Å². The Morgan fingerprint density at radius 3 is 2.29 bits per heavy atom. The number of rotatable bonds is 3. The maximum atomic E-state index is 11.9. The molecule has 2 aromatic carbocycles. The second kappa shape index (κ2) is 6.37. The third-order valence-corrected chi connectivity index (χ3v) is 4.54. The van der Waals surface area contributed by atoms with E-state index in [-0.39, 0.29) is 0 Å². The number of pyridine rings is 1. The normalized spacial score (nSPS) is 11.2. The highest BCUT2D eigenvalue weighted by Crippen LogP contribution is 2.29. The number of benzene rings is 2. The lowest BCUT2D eigenvalue weighted by Crippen LogP contribution is -1.98. The SMILES string of the molecule is Cc1cc(C)c2nc(-c3ccc(C(C)C)cc3)cc(C(=O)Cl)c2c1. The minimum Gasteiger partial charge on any atom is -0.276 e. The third-order valence-electron chi connectivity index (χ3n) is 4.33. The van der Waals surface area contributed by atoms with Crippen LogP contribution in [0.2, 0.25) is 0 Å². The van der Waals surface area contributed by atoms with Crippen molar-refractivity contribution in [2.75, 3.05) is 0 Å². The summed E-state index contributed by atoms with van der Waals surface area (Å²) in [5, 5.41) is 0.363. The van der Waals surface area contributed by atoms with Crippen LogP contribution in [-0.4, -0.2) is 10.2 Å². The van der Waals surface area contributed by atoms with Gasteiger partial charge in [0.25, 0.3) is 5.24 Å². The van der Waals surface area contributed by atoms with Crippen molar-refractivity contribution in [1.82, 2.24) is 4.98 Å². The minimum atomic E-state index is -0.451. The molecule has 2 nitrogen and oxygen atoms in total. The van der Waals surface area contributed by atoms with Crippen molar-refractivity contribution in [3.8, 4) is 11.3 Å². The summed E-state index contributed by atoms with van der Waals surface area (Å²) in [6.45, 7) is 8.35. The van der Waals surface area contributed by atoms with Crippen LogP contribution in [0, 0.1) is 13.8 Å². The number of nitrogens with zero attached hydrogens (tertiary/aromatic N) is 1. The van der Waals surface area contributed by atoms with E-state index in [0.717, 1.165) is 33.3 Å². The molecule has 0 radical (unpaired) electrons. The molecular formula is C21H20ClNO. The van der Waals surface area contributed by atoms with E-state index in [1.165, 1.54) is 5.56 Å². The molecule has 122 valence electrons. The molecule has 0 aliphatic heterocycles. The second-order valence-corrected chi connectivity index (χ2v) is 6.93. The van der Waals surface area contributed by atoms with Gasteiger partial charge in [-0.15, -0.1) is 0 Å². The summed E-state index contributed by atoms with van der Waals surface area (Å²) in [7, 11) is 0. The van der Waals surface area contributed by atoms with Gasteiger partial charge in [0.2, 0.25) is 0 Å². The van der Waals surface area contributed by atoms with Gasteiger partial charge in [-0.2, -0.15) is 0 Å². The van der Waals surface area contributed by atoms with Crippen LogP contribution in [0.15, 0.2) is 42.5 Å². The standard InChI is InChI=1S/C21H20ClNO/c1-12(2)15-5-7-16(8-6-15)19-11-18(21(22)24)17-10-13(3)9-14(4)20(17)23-19/h5-12H,1-4H3. The van der Waals surface area contributed by atoms with Crippen molar-refractivity contribution in [2.45, 2.75) is 33.6 Å². The highest BCUT2D eigenvalue weighted by molar-refractivity contribution is 6.68. The Hall–Kier alpha value is -2.19. The molecule has 1 aromatic heterocycles. The van der Waals surface area contributed by atoms with E-state index in [2.05, 4.69) is 44.2 Å². The molecule has 0 aliphatic carbocycles. The predicted molar refractivity (Wildman–Crippen MR) is 101 cm³/mol. The van der Waals surface area contributed by atoms with E-state index >= 15 is 0 Å². The second-order valence-electron chi connectivity index (χ2n) is 6.58. The van der Waals surface area contributed by atoms with E-state index in [4.69, 9.17) is 16.6 Å². The maximum absolute atomic E-state index is 11.9. The molecule has 3 heteroatoms. The van der Waals surface area contributed by atoms with Crippen LogP contribution in [0.5, 0.6) is 0 Å². The topological polar surface area (TPSA) is 30.0 Å². The highest BCUT2D eigenvalue weighted by atomic mass is 35.5.